The van der Waals surface area contributed by atoms with Crippen LogP contribution in [0.1, 0.15) is 19.8 Å². The number of carbonyl (C=O) groups excluding carboxylic acids is 2. The lowest BCUT2D eigenvalue weighted by Crippen LogP contribution is -2.46. The lowest BCUT2D eigenvalue weighted by atomic mass is 9.89. The number of nitriles is 1. The highest BCUT2D eigenvalue weighted by Gasteiger charge is 2.37. The number of allylic oxidation sites excluding steroid dienone is 1. The monoisotopic (exact) mass is 415 g/mol. The molecule has 1 saturated heterocycles. The topological polar surface area (TPSA) is 148 Å². The van der Waals surface area contributed by atoms with Crippen LogP contribution in [0.2, 0.25) is 0 Å². The van der Waals surface area contributed by atoms with Gasteiger partial charge in [0.2, 0.25) is 5.91 Å². The summed E-state index contributed by atoms with van der Waals surface area (Å²) in [5.74, 6) is -1.09. The molecule has 2 unspecified atom stereocenters. The molecule has 0 radical (unpaired) electrons. The van der Waals surface area contributed by atoms with Gasteiger partial charge in [-0.3, -0.25) is 14.6 Å². The third kappa shape index (κ3) is 4.33. The summed E-state index contributed by atoms with van der Waals surface area (Å²) in [5, 5.41) is 30.4. The Labute approximate surface area is 174 Å². The van der Waals surface area contributed by atoms with Crippen molar-refractivity contribution in [1.82, 2.24) is 10.2 Å². The van der Waals surface area contributed by atoms with Crippen molar-refractivity contribution < 1.29 is 24.5 Å². The molecule has 0 aliphatic carbocycles. The van der Waals surface area contributed by atoms with Crippen LogP contribution in [0.15, 0.2) is 32.9 Å². The molecule has 0 spiro atoms. The fourth-order valence-corrected chi connectivity index (χ4v) is 3.56. The van der Waals surface area contributed by atoms with Gasteiger partial charge in [-0.1, -0.05) is 0 Å². The largest absolute Gasteiger partial charge is 0.394 e. The van der Waals surface area contributed by atoms with Gasteiger partial charge in [0.25, 0.3) is 5.91 Å². The van der Waals surface area contributed by atoms with Crippen LogP contribution < -0.4 is 5.32 Å². The fourth-order valence-electron chi connectivity index (χ4n) is 3.56. The number of dihydropyridines is 2. The molecular formula is C20H25N5O5. The Morgan fingerprint density at radius 3 is 2.80 bits per heavy atom. The molecule has 2 atom stereocenters. The summed E-state index contributed by atoms with van der Waals surface area (Å²) in [4.78, 5) is 34.9. The number of aliphatic hydroxyl groups excluding tert-OH is 2. The standard InChI is InChI=1S/C20H25N5O5/c1-20(30-2)3-5-25(6-4-20)17-13-7-15(19(29)23-9-12(27)11-26)22-10-16(13)24-18(28)14(17)8-21/h7,10,12,15,26-27H,3-6,9,11H2,1-2H3,(H,23,29). The highest BCUT2D eigenvalue weighted by atomic mass is 16.5. The van der Waals surface area contributed by atoms with Gasteiger partial charge in [-0.05, 0) is 25.8 Å². The highest BCUT2D eigenvalue weighted by molar-refractivity contribution is 6.44. The van der Waals surface area contributed by atoms with Crippen molar-refractivity contribution in [3.63, 3.8) is 0 Å². The number of likely N-dealkylation sites (tertiary alicyclic amines) is 1. The number of piperidine rings is 1. The van der Waals surface area contributed by atoms with E-state index >= 15 is 0 Å². The summed E-state index contributed by atoms with van der Waals surface area (Å²) in [6.07, 6.45) is 3.30. The van der Waals surface area contributed by atoms with Gasteiger partial charge in [0.15, 0.2) is 0 Å². The number of ether oxygens (including phenoxy) is 1. The number of amides is 2. The van der Waals surface area contributed by atoms with Gasteiger partial charge in [-0.25, -0.2) is 4.99 Å². The molecule has 0 aromatic carbocycles. The summed E-state index contributed by atoms with van der Waals surface area (Å²) in [7, 11) is 1.67. The van der Waals surface area contributed by atoms with Gasteiger partial charge < -0.3 is 25.2 Å². The molecule has 0 saturated carbocycles. The van der Waals surface area contributed by atoms with Crippen LogP contribution in [0.25, 0.3) is 0 Å². The van der Waals surface area contributed by atoms with E-state index < -0.39 is 30.6 Å². The zero-order valence-electron chi connectivity index (χ0n) is 17.0. The van der Waals surface area contributed by atoms with Crippen LogP contribution in [0.3, 0.4) is 0 Å². The molecule has 160 valence electrons. The van der Waals surface area contributed by atoms with Gasteiger partial charge in [0, 0.05) is 38.5 Å². The molecule has 10 nitrogen and oxygen atoms in total. The van der Waals surface area contributed by atoms with Crippen molar-refractivity contribution in [2.24, 2.45) is 9.98 Å². The smallest absolute Gasteiger partial charge is 0.290 e. The van der Waals surface area contributed by atoms with Crippen LogP contribution in [-0.2, 0) is 14.3 Å². The Hall–Kier alpha value is -2.87. The van der Waals surface area contributed by atoms with Crippen LogP contribution in [-0.4, -0.2) is 90.0 Å². The number of fused-ring (bicyclic) bond motifs is 1. The Morgan fingerprint density at radius 1 is 1.50 bits per heavy atom. The first-order valence-electron chi connectivity index (χ1n) is 9.71. The Balaban J connectivity index is 1.88. The third-order valence-electron chi connectivity index (χ3n) is 5.62. The summed E-state index contributed by atoms with van der Waals surface area (Å²) in [6.45, 7) is 2.61. The molecule has 3 rings (SSSR count). The van der Waals surface area contributed by atoms with Gasteiger partial charge in [0.1, 0.15) is 17.7 Å². The Bertz CT molecular complexity index is 890. The predicted octanol–water partition coefficient (Wildman–Crippen LogP) is -0.905. The molecule has 0 aromatic rings. The number of hydrogen-bond acceptors (Lipinski definition) is 8. The second kappa shape index (κ2) is 8.87. The fraction of sp³-hybridized carbons (Fsp3) is 0.550. The summed E-state index contributed by atoms with van der Waals surface area (Å²) in [5.41, 5.74) is 0.970. The zero-order chi connectivity index (χ0) is 21.9. The van der Waals surface area contributed by atoms with E-state index in [1.807, 2.05) is 17.9 Å². The number of nitrogens with zero attached hydrogens (tertiary/aromatic N) is 4. The number of aliphatic hydroxyl groups is 2. The molecule has 0 bridgehead atoms. The van der Waals surface area contributed by atoms with E-state index in [2.05, 4.69) is 15.3 Å². The van der Waals surface area contributed by atoms with Gasteiger partial charge >= 0.3 is 0 Å². The maximum Gasteiger partial charge on any atom is 0.290 e. The SMILES string of the molecule is COC1(C)CCN(C2=C(C#N)C(=O)N=C3C=NC(C(=O)NCC(O)CO)C=C32)CC1. The molecule has 0 aromatic heterocycles. The lowest BCUT2D eigenvalue weighted by molar-refractivity contribution is -0.121. The van der Waals surface area contributed by atoms with E-state index in [4.69, 9.17) is 9.84 Å². The predicted molar refractivity (Wildman–Crippen MR) is 108 cm³/mol. The summed E-state index contributed by atoms with van der Waals surface area (Å²) >= 11 is 0. The highest BCUT2D eigenvalue weighted by Crippen LogP contribution is 2.33. The van der Waals surface area contributed by atoms with Gasteiger partial charge in [0.05, 0.1) is 29.7 Å². The van der Waals surface area contributed by atoms with Crippen molar-refractivity contribution in [3.8, 4) is 6.07 Å². The molecule has 3 aliphatic heterocycles. The molecule has 10 heteroatoms. The average molecular weight is 415 g/mol. The molecule has 2 amide bonds. The van der Waals surface area contributed by atoms with E-state index in [-0.39, 0.29) is 17.7 Å². The van der Waals surface area contributed by atoms with E-state index in [1.54, 1.807) is 13.2 Å². The second-order valence-electron chi connectivity index (χ2n) is 7.66. The summed E-state index contributed by atoms with van der Waals surface area (Å²) < 4.78 is 5.57. The first kappa shape index (κ1) is 21.8. The van der Waals surface area contributed by atoms with Crippen LogP contribution in [0.5, 0.6) is 0 Å². The zero-order valence-corrected chi connectivity index (χ0v) is 17.0. The molecule has 3 N–H and O–H groups in total. The minimum absolute atomic E-state index is 0.0591. The van der Waals surface area contributed by atoms with Crippen LogP contribution in [0.4, 0.5) is 0 Å². The Kier molecular flexibility index (Phi) is 6.45. The molecule has 30 heavy (non-hydrogen) atoms. The van der Waals surface area contributed by atoms with E-state index in [0.717, 1.165) is 12.8 Å². The maximum atomic E-state index is 12.4. The number of aliphatic imine (C=N–C) groups is 2. The van der Waals surface area contributed by atoms with E-state index in [9.17, 15) is 20.0 Å². The first-order chi connectivity index (χ1) is 14.3. The normalized spacial score (nSPS) is 23.9. The minimum Gasteiger partial charge on any atom is -0.394 e. The Morgan fingerprint density at radius 2 is 2.20 bits per heavy atom. The summed E-state index contributed by atoms with van der Waals surface area (Å²) in [6, 6.07) is 1.06. The first-order valence-corrected chi connectivity index (χ1v) is 9.71. The molecule has 1 fully saturated rings. The molecule has 3 aliphatic rings. The number of nitrogens with one attached hydrogen (secondary N) is 1. The third-order valence-corrected chi connectivity index (χ3v) is 5.62. The quantitative estimate of drug-likeness (QED) is 0.509. The van der Waals surface area contributed by atoms with E-state index in [1.165, 1.54) is 6.21 Å². The van der Waals surface area contributed by atoms with Gasteiger partial charge in [-0.2, -0.15) is 5.26 Å². The minimum atomic E-state index is -1.07. The van der Waals surface area contributed by atoms with E-state index in [0.29, 0.717) is 30.1 Å². The van der Waals surface area contributed by atoms with Crippen molar-refractivity contribution in [1.29, 1.82) is 5.26 Å². The van der Waals surface area contributed by atoms with Crippen molar-refractivity contribution >= 4 is 23.7 Å². The second-order valence-corrected chi connectivity index (χ2v) is 7.66. The van der Waals surface area contributed by atoms with Crippen LogP contribution >= 0.6 is 0 Å². The molecular weight excluding hydrogens is 390 g/mol. The van der Waals surface area contributed by atoms with Crippen molar-refractivity contribution in [3.05, 3.63) is 22.9 Å². The average Bonchev–Trinajstić information content (AvgIpc) is 2.76. The number of hydrogen-bond donors (Lipinski definition) is 3. The van der Waals surface area contributed by atoms with Crippen molar-refractivity contribution in [2.75, 3.05) is 33.4 Å². The van der Waals surface area contributed by atoms with Gasteiger partial charge in [-0.15, -0.1) is 0 Å². The molecule has 3 heterocycles. The lowest BCUT2D eigenvalue weighted by Gasteiger charge is -2.41. The van der Waals surface area contributed by atoms with Crippen molar-refractivity contribution in [2.45, 2.75) is 37.5 Å². The number of rotatable bonds is 6. The number of methoxy groups -OCH3 is 1. The van der Waals surface area contributed by atoms with Crippen LogP contribution in [0, 0.1) is 11.3 Å². The maximum absolute atomic E-state index is 12.4. The number of carbonyl (C=O) groups is 2.